The van der Waals surface area contributed by atoms with E-state index in [4.69, 9.17) is 9.84 Å². The van der Waals surface area contributed by atoms with Crippen molar-refractivity contribution < 1.29 is 14.6 Å². The van der Waals surface area contributed by atoms with E-state index in [0.29, 0.717) is 11.3 Å². The number of benzene rings is 1. The van der Waals surface area contributed by atoms with Crippen LogP contribution < -0.4 is 10.3 Å². The predicted molar refractivity (Wildman–Crippen MR) is 83.9 cm³/mol. The van der Waals surface area contributed by atoms with Crippen molar-refractivity contribution in [3.05, 3.63) is 40.9 Å². The molecule has 0 atom stereocenters. The van der Waals surface area contributed by atoms with Crippen LogP contribution in [0.4, 0.5) is 0 Å². The summed E-state index contributed by atoms with van der Waals surface area (Å²) in [6, 6.07) is 6.86. The first-order chi connectivity index (χ1) is 11.5. The van der Waals surface area contributed by atoms with Gasteiger partial charge < -0.3 is 9.84 Å². The molecule has 9 nitrogen and oxygen atoms in total. The number of carbonyl (C=O) groups is 1. The van der Waals surface area contributed by atoms with Gasteiger partial charge in [-0.15, -0.1) is 10.2 Å². The zero-order valence-electron chi connectivity index (χ0n) is 13.1. The van der Waals surface area contributed by atoms with Crippen molar-refractivity contribution >= 4 is 11.7 Å². The molecule has 0 aliphatic rings. The summed E-state index contributed by atoms with van der Waals surface area (Å²) in [5.41, 5.74) is 0.112. The first-order valence-corrected chi connectivity index (χ1v) is 7.25. The third-order valence-electron chi connectivity index (χ3n) is 3.20. The molecule has 0 saturated carbocycles. The molecule has 0 unspecified atom stereocenters. The Labute approximate surface area is 136 Å². The quantitative estimate of drug-likeness (QED) is 0.737. The molecule has 0 amide bonds. The number of hydrogen-bond acceptors (Lipinski definition) is 6. The van der Waals surface area contributed by atoms with Crippen LogP contribution in [0.3, 0.4) is 0 Å². The summed E-state index contributed by atoms with van der Waals surface area (Å²) in [5, 5.41) is 20.6. The van der Waals surface area contributed by atoms with Gasteiger partial charge in [0.15, 0.2) is 5.69 Å². The van der Waals surface area contributed by atoms with Gasteiger partial charge in [0.05, 0.1) is 6.10 Å². The number of carboxylic acid groups (broad SMARTS) is 1. The first kappa shape index (κ1) is 15.7. The van der Waals surface area contributed by atoms with Gasteiger partial charge in [-0.2, -0.15) is 9.61 Å². The molecule has 1 aromatic carbocycles. The maximum atomic E-state index is 12.6. The average molecular weight is 329 g/mol. The summed E-state index contributed by atoms with van der Waals surface area (Å²) in [4.78, 5) is 23.6. The lowest BCUT2D eigenvalue weighted by Gasteiger charge is -2.10. The van der Waals surface area contributed by atoms with E-state index in [9.17, 15) is 9.59 Å². The van der Waals surface area contributed by atoms with Gasteiger partial charge in [-0.1, -0.05) is 0 Å². The zero-order valence-corrected chi connectivity index (χ0v) is 13.1. The number of hydrogen-bond donors (Lipinski definition) is 1. The molecule has 0 bridgehead atoms. The summed E-state index contributed by atoms with van der Waals surface area (Å²) >= 11 is 0. The summed E-state index contributed by atoms with van der Waals surface area (Å²) in [7, 11) is 0. The Morgan fingerprint density at radius 1 is 1.29 bits per heavy atom. The van der Waals surface area contributed by atoms with E-state index in [1.165, 1.54) is 10.8 Å². The number of carboxylic acids is 1. The molecule has 3 rings (SSSR count). The predicted octanol–water partition coefficient (Wildman–Crippen LogP) is 0.825. The van der Waals surface area contributed by atoms with Crippen molar-refractivity contribution in [3.8, 4) is 17.0 Å². The fourth-order valence-corrected chi connectivity index (χ4v) is 2.26. The fourth-order valence-electron chi connectivity index (χ4n) is 2.26. The lowest BCUT2D eigenvalue weighted by Crippen LogP contribution is -2.29. The minimum Gasteiger partial charge on any atom is -0.491 e. The average Bonchev–Trinajstić information content (AvgIpc) is 2.98. The highest BCUT2D eigenvalue weighted by Gasteiger charge is 2.16. The highest BCUT2D eigenvalue weighted by atomic mass is 16.5. The van der Waals surface area contributed by atoms with Gasteiger partial charge >= 0.3 is 5.97 Å². The Balaban J connectivity index is 2.10. The second-order valence-electron chi connectivity index (χ2n) is 5.40. The van der Waals surface area contributed by atoms with Crippen LogP contribution in [0.2, 0.25) is 0 Å². The van der Waals surface area contributed by atoms with Gasteiger partial charge in [0.25, 0.3) is 11.3 Å². The van der Waals surface area contributed by atoms with Gasteiger partial charge in [0, 0.05) is 5.56 Å². The SMILES string of the molecule is CC(C)Oc1ccc(-c2nn3cnnc3n(CC(=O)O)c2=O)cc1. The van der Waals surface area contributed by atoms with Crippen LogP contribution in [0.5, 0.6) is 5.75 Å². The van der Waals surface area contributed by atoms with Gasteiger partial charge in [-0.25, -0.2) is 0 Å². The lowest BCUT2D eigenvalue weighted by molar-refractivity contribution is -0.137. The molecule has 124 valence electrons. The Bertz CT molecular complexity index is 943. The van der Waals surface area contributed by atoms with E-state index in [2.05, 4.69) is 15.3 Å². The van der Waals surface area contributed by atoms with Gasteiger partial charge in [0.1, 0.15) is 18.6 Å². The van der Waals surface area contributed by atoms with Crippen LogP contribution in [0.1, 0.15) is 13.8 Å². The molecule has 2 aromatic heterocycles. The van der Waals surface area contributed by atoms with Crippen molar-refractivity contribution in [1.82, 2.24) is 24.4 Å². The van der Waals surface area contributed by atoms with E-state index >= 15 is 0 Å². The number of ether oxygens (including phenoxy) is 1. The molecule has 0 aliphatic heterocycles. The summed E-state index contributed by atoms with van der Waals surface area (Å²) in [5.74, 6) is -0.407. The highest BCUT2D eigenvalue weighted by molar-refractivity contribution is 5.68. The Morgan fingerprint density at radius 2 is 2.00 bits per heavy atom. The molecule has 0 aliphatic carbocycles. The minimum absolute atomic E-state index is 0.0372. The Kier molecular flexibility index (Phi) is 3.98. The number of aromatic nitrogens is 5. The Morgan fingerprint density at radius 3 is 2.62 bits per heavy atom. The van der Waals surface area contributed by atoms with Gasteiger partial charge in [0.2, 0.25) is 0 Å². The zero-order chi connectivity index (χ0) is 17.3. The summed E-state index contributed by atoms with van der Waals surface area (Å²) < 4.78 is 7.86. The lowest BCUT2D eigenvalue weighted by atomic mass is 10.1. The molecule has 0 saturated heterocycles. The monoisotopic (exact) mass is 329 g/mol. The standard InChI is InChI=1S/C15H15N5O4/c1-9(2)24-11-5-3-10(4-6-11)13-14(23)19(7-12(21)22)15-17-16-8-20(15)18-13/h3-6,8-9H,7H2,1-2H3,(H,21,22). The van der Waals surface area contributed by atoms with Crippen LogP contribution in [0, 0.1) is 0 Å². The van der Waals surface area contributed by atoms with Crippen molar-refractivity contribution in [2.24, 2.45) is 0 Å². The molecule has 0 radical (unpaired) electrons. The maximum absolute atomic E-state index is 12.6. The van der Waals surface area contributed by atoms with Crippen molar-refractivity contribution in [1.29, 1.82) is 0 Å². The maximum Gasteiger partial charge on any atom is 0.323 e. The smallest absolute Gasteiger partial charge is 0.323 e. The number of nitrogens with zero attached hydrogens (tertiary/aromatic N) is 5. The number of rotatable bonds is 5. The molecular formula is C15H15N5O4. The van der Waals surface area contributed by atoms with E-state index in [-0.39, 0.29) is 17.6 Å². The Hall–Kier alpha value is -3.23. The molecule has 0 fully saturated rings. The third-order valence-corrected chi connectivity index (χ3v) is 3.20. The molecule has 24 heavy (non-hydrogen) atoms. The van der Waals surface area contributed by atoms with Gasteiger partial charge in [-0.05, 0) is 38.1 Å². The molecular weight excluding hydrogens is 314 g/mol. The van der Waals surface area contributed by atoms with Crippen LogP contribution in [-0.2, 0) is 11.3 Å². The van der Waals surface area contributed by atoms with Crippen molar-refractivity contribution in [2.45, 2.75) is 26.5 Å². The first-order valence-electron chi connectivity index (χ1n) is 7.25. The second kappa shape index (κ2) is 6.11. The van der Waals surface area contributed by atoms with Crippen LogP contribution in [0.15, 0.2) is 35.4 Å². The molecule has 1 N–H and O–H groups in total. The summed E-state index contributed by atoms with van der Waals surface area (Å²) in [6.07, 6.45) is 1.35. The largest absolute Gasteiger partial charge is 0.491 e. The molecule has 0 spiro atoms. The van der Waals surface area contributed by atoms with E-state index < -0.39 is 18.1 Å². The van der Waals surface area contributed by atoms with E-state index in [1.54, 1.807) is 24.3 Å². The minimum atomic E-state index is -1.15. The van der Waals surface area contributed by atoms with Crippen LogP contribution in [0.25, 0.3) is 17.0 Å². The molecule has 3 aromatic rings. The molecule has 2 heterocycles. The van der Waals surface area contributed by atoms with E-state index in [1.807, 2.05) is 13.8 Å². The topological polar surface area (TPSA) is 112 Å². The van der Waals surface area contributed by atoms with Gasteiger partial charge in [-0.3, -0.25) is 14.2 Å². The summed E-state index contributed by atoms with van der Waals surface area (Å²) in [6.45, 7) is 3.31. The molecule has 9 heteroatoms. The fraction of sp³-hybridized carbons (Fsp3) is 0.267. The second-order valence-corrected chi connectivity index (χ2v) is 5.40. The van der Waals surface area contributed by atoms with Crippen molar-refractivity contribution in [2.75, 3.05) is 0 Å². The highest BCUT2D eigenvalue weighted by Crippen LogP contribution is 2.19. The number of aliphatic carboxylic acids is 1. The normalized spacial score (nSPS) is 11.1. The van der Waals surface area contributed by atoms with Crippen LogP contribution in [-0.4, -0.2) is 41.6 Å². The van der Waals surface area contributed by atoms with Crippen molar-refractivity contribution in [3.63, 3.8) is 0 Å². The third kappa shape index (κ3) is 2.96. The van der Waals surface area contributed by atoms with Crippen LogP contribution >= 0.6 is 0 Å². The number of fused-ring (bicyclic) bond motifs is 1. The van der Waals surface area contributed by atoms with E-state index in [0.717, 1.165) is 4.57 Å².